The second-order valence-electron chi connectivity index (χ2n) is 4.22. The summed E-state index contributed by atoms with van der Waals surface area (Å²) >= 11 is 0. The molecule has 0 aromatic heterocycles. The van der Waals surface area contributed by atoms with E-state index in [2.05, 4.69) is 5.32 Å². The number of hydrogen-bond donors (Lipinski definition) is 2. The molecule has 0 bridgehead atoms. The van der Waals surface area contributed by atoms with Crippen LogP contribution in [-0.4, -0.2) is 41.0 Å². The molecule has 19 heavy (non-hydrogen) atoms. The van der Waals surface area contributed by atoms with Crippen molar-refractivity contribution in [3.63, 3.8) is 0 Å². The summed E-state index contributed by atoms with van der Waals surface area (Å²) in [6, 6.07) is 5.62. The van der Waals surface area contributed by atoms with Crippen molar-refractivity contribution in [1.29, 1.82) is 0 Å². The number of carbonyl (C=O) groups is 2. The summed E-state index contributed by atoms with van der Waals surface area (Å²) in [5.74, 6) is -0.678. The van der Waals surface area contributed by atoms with Gasteiger partial charge in [0.25, 0.3) is 5.91 Å². The molecule has 5 nitrogen and oxygen atoms in total. The molecule has 1 atom stereocenters. The molecule has 1 unspecified atom stereocenters. The fourth-order valence-electron chi connectivity index (χ4n) is 1.81. The van der Waals surface area contributed by atoms with E-state index in [0.717, 1.165) is 0 Å². The molecule has 1 aromatic rings. The summed E-state index contributed by atoms with van der Waals surface area (Å²) < 4.78 is 0. The number of phenols is 1. The normalized spacial score (nSPS) is 11.7. The molecule has 5 heteroatoms. The molecule has 2 amide bonds. The van der Waals surface area contributed by atoms with Crippen LogP contribution in [0.2, 0.25) is 0 Å². The second-order valence-corrected chi connectivity index (χ2v) is 4.22. The fourth-order valence-corrected chi connectivity index (χ4v) is 1.81. The summed E-state index contributed by atoms with van der Waals surface area (Å²) in [6.45, 7) is 6.62. The van der Waals surface area contributed by atoms with Gasteiger partial charge in [-0.05, 0) is 32.9 Å². The highest BCUT2D eigenvalue weighted by atomic mass is 16.3. The lowest BCUT2D eigenvalue weighted by Crippen LogP contribution is -2.46. The Labute approximate surface area is 113 Å². The van der Waals surface area contributed by atoms with Gasteiger partial charge in [0.15, 0.2) is 0 Å². The molecule has 0 fully saturated rings. The monoisotopic (exact) mass is 264 g/mol. The zero-order valence-electron chi connectivity index (χ0n) is 11.5. The first-order chi connectivity index (χ1) is 9.01. The van der Waals surface area contributed by atoms with Gasteiger partial charge in [0.05, 0.1) is 5.56 Å². The van der Waals surface area contributed by atoms with Crippen LogP contribution in [0.1, 0.15) is 31.1 Å². The molecule has 0 heterocycles. The van der Waals surface area contributed by atoms with Crippen LogP contribution in [-0.2, 0) is 4.79 Å². The van der Waals surface area contributed by atoms with E-state index in [4.69, 9.17) is 0 Å². The molecule has 0 saturated carbocycles. The third kappa shape index (κ3) is 3.71. The first-order valence-electron chi connectivity index (χ1n) is 6.38. The number of hydrogen-bond acceptors (Lipinski definition) is 3. The number of amides is 2. The van der Waals surface area contributed by atoms with Gasteiger partial charge >= 0.3 is 0 Å². The molecule has 0 spiro atoms. The number of nitrogens with one attached hydrogen (secondary N) is 1. The van der Waals surface area contributed by atoms with E-state index in [-0.39, 0.29) is 17.2 Å². The maximum atomic E-state index is 12.0. The minimum atomic E-state index is -0.619. The van der Waals surface area contributed by atoms with Crippen LogP contribution in [0.15, 0.2) is 24.3 Å². The highest BCUT2D eigenvalue weighted by molar-refractivity contribution is 5.99. The van der Waals surface area contributed by atoms with Crippen molar-refractivity contribution in [3.05, 3.63) is 29.8 Å². The van der Waals surface area contributed by atoms with E-state index >= 15 is 0 Å². The molecule has 1 aromatic carbocycles. The Bertz CT molecular complexity index is 456. The Morgan fingerprint density at radius 3 is 2.37 bits per heavy atom. The van der Waals surface area contributed by atoms with Crippen molar-refractivity contribution in [2.45, 2.75) is 26.8 Å². The molecule has 0 saturated heterocycles. The van der Waals surface area contributed by atoms with Gasteiger partial charge in [-0.1, -0.05) is 12.1 Å². The van der Waals surface area contributed by atoms with Crippen molar-refractivity contribution in [2.75, 3.05) is 13.1 Å². The number of carbonyl (C=O) groups excluding carboxylic acids is 2. The number of benzene rings is 1. The zero-order valence-corrected chi connectivity index (χ0v) is 11.5. The van der Waals surface area contributed by atoms with Crippen LogP contribution < -0.4 is 5.32 Å². The van der Waals surface area contributed by atoms with Gasteiger partial charge in [-0.25, -0.2) is 0 Å². The van der Waals surface area contributed by atoms with Crippen LogP contribution in [0.3, 0.4) is 0 Å². The summed E-state index contributed by atoms with van der Waals surface area (Å²) in [5.41, 5.74) is 0.168. The fraction of sp³-hybridized carbons (Fsp3) is 0.429. The van der Waals surface area contributed by atoms with Crippen LogP contribution in [0, 0.1) is 0 Å². The van der Waals surface area contributed by atoms with Gasteiger partial charge in [0.1, 0.15) is 11.8 Å². The van der Waals surface area contributed by atoms with Crippen molar-refractivity contribution < 1.29 is 14.7 Å². The Kier molecular flexibility index (Phi) is 5.36. The highest BCUT2D eigenvalue weighted by Gasteiger charge is 2.21. The number of likely N-dealkylation sites (N-methyl/N-ethyl adjacent to an activating group) is 1. The van der Waals surface area contributed by atoms with Crippen molar-refractivity contribution in [1.82, 2.24) is 10.2 Å². The lowest BCUT2D eigenvalue weighted by atomic mass is 10.1. The lowest BCUT2D eigenvalue weighted by molar-refractivity contribution is -0.132. The maximum absolute atomic E-state index is 12.0. The molecule has 0 aliphatic rings. The van der Waals surface area contributed by atoms with Crippen molar-refractivity contribution in [3.8, 4) is 5.75 Å². The van der Waals surface area contributed by atoms with E-state index in [0.29, 0.717) is 13.1 Å². The maximum Gasteiger partial charge on any atom is 0.255 e. The summed E-state index contributed by atoms with van der Waals surface area (Å²) in [5, 5.41) is 12.2. The van der Waals surface area contributed by atoms with Gasteiger partial charge in [-0.2, -0.15) is 0 Å². The van der Waals surface area contributed by atoms with Crippen molar-refractivity contribution >= 4 is 11.8 Å². The van der Waals surface area contributed by atoms with E-state index in [1.807, 2.05) is 13.8 Å². The minimum Gasteiger partial charge on any atom is -0.507 e. The molecule has 2 N–H and O–H groups in total. The third-order valence-electron chi connectivity index (χ3n) is 2.94. The van der Waals surface area contributed by atoms with E-state index < -0.39 is 11.9 Å². The van der Waals surface area contributed by atoms with Gasteiger partial charge in [-0.3, -0.25) is 9.59 Å². The van der Waals surface area contributed by atoms with Crippen molar-refractivity contribution in [2.24, 2.45) is 0 Å². The smallest absolute Gasteiger partial charge is 0.255 e. The predicted molar refractivity (Wildman–Crippen MR) is 73.0 cm³/mol. The van der Waals surface area contributed by atoms with Gasteiger partial charge in [0, 0.05) is 13.1 Å². The molecule has 0 aliphatic heterocycles. The van der Waals surface area contributed by atoms with Crippen LogP contribution >= 0.6 is 0 Å². The van der Waals surface area contributed by atoms with Gasteiger partial charge < -0.3 is 15.3 Å². The Hall–Kier alpha value is -2.04. The topological polar surface area (TPSA) is 69.6 Å². The predicted octanol–water partition coefficient (Wildman–Crippen LogP) is 1.38. The first kappa shape index (κ1) is 15.0. The quantitative estimate of drug-likeness (QED) is 0.844. The lowest BCUT2D eigenvalue weighted by Gasteiger charge is -2.23. The largest absolute Gasteiger partial charge is 0.507 e. The van der Waals surface area contributed by atoms with E-state index in [9.17, 15) is 14.7 Å². The number of rotatable bonds is 5. The molecule has 0 radical (unpaired) electrons. The van der Waals surface area contributed by atoms with Gasteiger partial charge in [0.2, 0.25) is 5.91 Å². The Balaban J connectivity index is 2.72. The standard InChI is InChI=1S/C14H20N2O3/c1-4-16(5-2)14(19)10(3)15-13(18)11-8-6-7-9-12(11)17/h6-10,17H,4-5H2,1-3H3,(H,15,18). The summed E-state index contributed by atoms with van der Waals surface area (Å²) in [4.78, 5) is 25.6. The molecule has 104 valence electrons. The number of nitrogens with zero attached hydrogens (tertiary/aromatic N) is 1. The number of para-hydroxylation sites is 1. The van der Waals surface area contributed by atoms with Crippen LogP contribution in [0.4, 0.5) is 0 Å². The van der Waals surface area contributed by atoms with Crippen LogP contribution in [0.25, 0.3) is 0 Å². The Morgan fingerprint density at radius 2 is 1.84 bits per heavy atom. The van der Waals surface area contributed by atoms with Gasteiger partial charge in [-0.15, -0.1) is 0 Å². The number of aromatic hydroxyl groups is 1. The molecular formula is C14H20N2O3. The molecule has 1 rings (SSSR count). The highest BCUT2D eigenvalue weighted by Crippen LogP contribution is 2.15. The van der Waals surface area contributed by atoms with E-state index in [1.54, 1.807) is 24.0 Å². The first-order valence-corrected chi connectivity index (χ1v) is 6.38. The second kappa shape index (κ2) is 6.78. The Morgan fingerprint density at radius 1 is 1.26 bits per heavy atom. The number of phenolic OH excluding ortho intramolecular Hbond substituents is 1. The summed E-state index contributed by atoms with van der Waals surface area (Å²) in [6.07, 6.45) is 0. The minimum absolute atomic E-state index is 0.0949. The SMILES string of the molecule is CCN(CC)C(=O)C(C)NC(=O)c1ccccc1O. The molecule has 0 aliphatic carbocycles. The average molecular weight is 264 g/mol. The third-order valence-corrected chi connectivity index (χ3v) is 2.94. The zero-order chi connectivity index (χ0) is 14.4. The van der Waals surface area contributed by atoms with E-state index in [1.165, 1.54) is 12.1 Å². The molecular weight excluding hydrogens is 244 g/mol. The summed E-state index contributed by atoms with van der Waals surface area (Å²) in [7, 11) is 0. The average Bonchev–Trinajstić information content (AvgIpc) is 2.40. The van der Waals surface area contributed by atoms with Crippen LogP contribution in [0.5, 0.6) is 5.75 Å².